The van der Waals surface area contributed by atoms with Gasteiger partial charge in [0.05, 0.1) is 23.4 Å². The number of carbonyl (C=O) groups is 2. The zero-order chi connectivity index (χ0) is 17.9. The molecule has 1 fully saturated rings. The Labute approximate surface area is 140 Å². The van der Waals surface area contributed by atoms with Gasteiger partial charge in [-0.15, -0.1) is 5.06 Å². The Bertz CT molecular complexity index is 645. The van der Waals surface area contributed by atoms with Crippen molar-refractivity contribution in [2.45, 2.75) is 20.8 Å². The molecule has 1 saturated heterocycles. The van der Waals surface area contributed by atoms with E-state index in [1.54, 1.807) is 36.8 Å². The van der Waals surface area contributed by atoms with E-state index < -0.39 is 10.3 Å². The summed E-state index contributed by atoms with van der Waals surface area (Å²) in [5.74, 6) is -0.582. The van der Waals surface area contributed by atoms with Gasteiger partial charge in [0.1, 0.15) is 0 Å². The van der Waals surface area contributed by atoms with Crippen LogP contribution in [0.5, 0.6) is 0 Å². The first-order chi connectivity index (χ1) is 11.2. The van der Waals surface area contributed by atoms with Gasteiger partial charge in [0.2, 0.25) is 0 Å². The Kier molecular flexibility index (Phi) is 5.18. The molecule has 0 saturated carbocycles. The minimum Gasteiger partial charge on any atom is -0.367 e. The highest BCUT2D eigenvalue weighted by Crippen LogP contribution is 2.18. The Morgan fingerprint density at radius 1 is 1.17 bits per heavy atom. The maximum absolute atomic E-state index is 12.4. The molecule has 24 heavy (non-hydrogen) atoms. The van der Waals surface area contributed by atoms with Crippen LogP contribution in [0.3, 0.4) is 0 Å². The van der Waals surface area contributed by atoms with E-state index in [0.717, 1.165) is 0 Å². The molecule has 1 aliphatic rings. The molecule has 1 heterocycles. The maximum atomic E-state index is 12.4. The number of benzene rings is 1. The van der Waals surface area contributed by atoms with Gasteiger partial charge in [-0.2, -0.15) is 0 Å². The number of carbonyl (C=O) groups excluding carboxylic acids is 2. The number of hydrogen-bond donors (Lipinski definition) is 0. The van der Waals surface area contributed by atoms with Crippen LogP contribution >= 0.6 is 0 Å². The minimum atomic E-state index is -0.587. The SMILES string of the molecule is CC(C)(C)C(=O)ON1CCN(C(=O)c2cccc([N+](=O)[O-])c2)CC1. The van der Waals surface area contributed by atoms with Crippen molar-refractivity contribution in [1.82, 2.24) is 9.96 Å². The Hall–Kier alpha value is -2.48. The van der Waals surface area contributed by atoms with Gasteiger partial charge >= 0.3 is 5.97 Å². The quantitative estimate of drug-likeness (QED) is 0.618. The third-order valence-corrected chi connectivity index (χ3v) is 3.65. The molecule has 0 aliphatic carbocycles. The zero-order valence-electron chi connectivity index (χ0n) is 14.0. The number of piperazine rings is 1. The fourth-order valence-corrected chi connectivity index (χ4v) is 2.17. The third-order valence-electron chi connectivity index (χ3n) is 3.65. The lowest BCUT2D eigenvalue weighted by Gasteiger charge is -2.34. The first-order valence-electron chi connectivity index (χ1n) is 7.69. The van der Waals surface area contributed by atoms with Gasteiger partial charge in [-0.25, -0.2) is 4.79 Å². The molecule has 1 amide bonds. The van der Waals surface area contributed by atoms with Crippen molar-refractivity contribution in [2.24, 2.45) is 5.41 Å². The number of hydrogen-bond acceptors (Lipinski definition) is 6. The van der Waals surface area contributed by atoms with Crippen LogP contribution < -0.4 is 0 Å². The van der Waals surface area contributed by atoms with Crippen molar-refractivity contribution < 1.29 is 19.3 Å². The summed E-state index contributed by atoms with van der Waals surface area (Å²) in [4.78, 5) is 41.5. The van der Waals surface area contributed by atoms with Crippen LogP contribution in [0, 0.1) is 15.5 Å². The van der Waals surface area contributed by atoms with Gasteiger partial charge < -0.3 is 9.74 Å². The number of amides is 1. The van der Waals surface area contributed by atoms with Crippen LogP contribution in [0.25, 0.3) is 0 Å². The lowest BCUT2D eigenvalue weighted by molar-refractivity contribution is -0.384. The van der Waals surface area contributed by atoms with Gasteiger partial charge in [-0.05, 0) is 26.8 Å². The molecule has 8 heteroatoms. The lowest BCUT2D eigenvalue weighted by atomic mass is 9.98. The zero-order valence-corrected chi connectivity index (χ0v) is 14.0. The van der Waals surface area contributed by atoms with E-state index in [-0.39, 0.29) is 23.1 Å². The van der Waals surface area contributed by atoms with Gasteiger partial charge in [-0.1, -0.05) is 6.07 Å². The summed E-state index contributed by atoms with van der Waals surface area (Å²) in [7, 11) is 0. The van der Waals surface area contributed by atoms with Crippen molar-refractivity contribution in [2.75, 3.05) is 26.2 Å². The predicted molar refractivity (Wildman–Crippen MR) is 86.1 cm³/mol. The van der Waals surface area contributed by atoms with Crippen LogP contribution in [0.4, 0.5) is 5.69 Å². The highest BCUT2D eigenvalue weighted by molar-refractivity contribution is 5.94. The molecule has 0 bridgehead atoms. The molecule has 8 nitrogen and oxygen atoms in total. The highest BCUT2D eigenvalue weighted by atomic mass is 16.7. The standard InChI is InChI=1S/C16H21N3O5/c1-16(2,3)15(21)24-18-9-7-17(8-10-18)14(20)12-5-4-6-13(11-12)19(22)23/h4-6,11H,7-10H2,1-3H3. The van der Waals surface area contributed by atoms with Crippen molar-refractivity contribution >= 4 is 17.6 Å². The van der Waals surface area contributed by atoms with E-state index in [0.29, 0.717) is 26.2 Å². The Morgan fingerprint density at radius 2 is 1.79 bits per heavy atom. The summed E-state index contributed by atoms with van der Waals surface area (Å²) in [5, 5.41) is 12.4. The third kappa shape index (κ3) is 4.29. The predicted octanol–water partition coefficient (Wildman–Crippen LogP) is 1.86. The van der Waals surface area contributed by atoms with Crippen LogP contribution in [0.15, 0.2) is 24.3 Å². The summed E-state index contributed by atoms with van der Waals surface area (Å²) >= 11 is 0. The summed E-state index contributed by atoms with van der Waals surface area (Å²) in [6.45, 7) is 6.91. The lowest BCUT2D eigenvalue weighted by Crippen LogP contribution is -2.49. The van der Waals surface area contributed by atoms with Crippen molar-refractivity contribution in [3.05, 3.63) is 39.9 Å². The number of non-ortho nitro benzene ring substituents is 1. The summed E-state index contributed by atoms with van der Waals surface area (Å²) in [6.07, 6.45) is 0. The molecule has 0 N–H and O–H groups in total. The average Bonchev–Trinajstić information content (AvgIpc) is 2.54. The summed E-state index contributed by atoms with van der Waals surface area (Å²) in [5.41, 5.74) is -0.418. The topological polar surface area (TPSA) is 93.0 Å². The normalized spacial score (nSPS) is 15.9. The van der Waals surface area contributed by atoms with Crippen molar-refractivity contribution in [3.8, 4) is 0 Å². The first-order valence-corrected chi connectivity index (χ1v) is 7.69. The number of nitro benzene ring substituents is 1. The van der Waals surface area contributed by atoms with E-state index in [1.165, 1.54) is 18.2 Å². The van der Waals surface area contributed by atoms with Gasteiger partial charge in [0.15, 0.2) is 0 Å². The van der Waals surface area contributed by atoms with Crippen molar-refractivity contribution in [3.63, 3.8) is 0 Å². The Balaban J connectivity index is 1.95. The largest absolute Gasteiger partial charge is 0.367 e. The summed E-state index contributed by atoms with van der Waals surface area (Å²) < 4.78 is 0. The molecule has 0 spiro atoms. The van der Waals surface area contributed by atoms with Crippen LogP contribution in [-0.2, 0) is 9.63 Å². The maximum Gasteiger partial charge on any atom is 0.330 e. The average molecular weight is 335 g/mol. The van der Waals surface area contributed by atoms with E-state index in [2.05, 4.69) is 0 Å². The smallest absolute Gasteiger partial charge is 0.330 e. The minimum absolute atomic E-state index is 0.112. The van der Waals surface area contributed by atoms with E-state index in [1.807, 2.05) is 0 Å². The van der Waals surface area contributed by atoms with Crippen LogP contribution in [0.1, 0.15) is 31.1 Å². The molecule has 130 valence electrons. The second-order valence-corrected chi connectivity index (χ2v) is 6.66. The number of nitrogens with zero attached hydrogens (tertiary/aromatic N) is 3. The molecule has 0 unspecified atom stereocenters. The molecular formula is C16H21N3O5. The molecule has 0 aromatic heterocycles. The first kappa shape index (κ1) is 17.9. The highest BCUT2D eigenvalue weighted by Gasteiger charge is 2.29. The fraction of sp³-hybridized carbons (Fsp3) is 0.500. The molecule has 1 aromatic carbocycles. The fourth-order valence-electron chi connectivity index (χ4n) is 2.17. The van der Waals surface area contributed by atoms with Crippen LogP contribution in [-0.4, -0.2) is 52.9 Å². The second kappa shape index (κ2) is 6.96. The van der Waals surface area contributed by atoms with Gasteiger partial charge in [-0.3, -0.25) is 14.9 Å². The number of hydroxylamine groups is 2. The second-order valence-electron chi connectivity index (χ2n) is 6.66. The van der Waals surface area contributed by atoms with E-state index in [9.17, 15) is 19.7 Å². The van der Waals surface area contributed by atoms with E-state index in [4.69, 9.17) is 4.84 Å². The molecule has 1 aromatic rings. The monoisotopic (exact) mass is 335 g/mol. The number of nitro groups is 1. The molecule has 2 rings (SSSR count). The van der Waals surface area contributed by atoms with Crippen LogP contribution in [0.2, 0.25) is 0 Å². The molecule has 0 radical (unpaired) electrons. The summed E-state index contributed by atoms with van der Waals surface area (Å²) in [6, 6.07) is 5.67. The van der Waals surface area contributed by atoms with Gasteiger partial charge in [0, 0.05) is 30.8 Å². The number of rotatable bonds is 3. The Morgan fingerprint density at radius 3 is 2.33 bits per heavy atom. The molecule has 0 atom stereocenters. The molecular weight excluding hydrogens is 314 g/mol. The van der Waals surface area contributed by atoms with Crippen molar-refractivity contribution in [1.29, 1.82) is 0 Å². The molecule has 1 aliphatic heterocycles. The van der Waals surface area contributed by atoms with E-state index >= 15 is 0 Å². The van der Waals surface area contributed by atoms with Gasteiger partial charge in [0.25, 0.3) is 11.6 Å².